The van der Waals surface area contributed by atoms with E-state index in [9.17, 15) is 16.8 Å². The highest BCUT2D eigenvalue weighted by molar-refractivity contribution is 7.89. The SMILES string of the molecule is CCc1ccc(OC)c(S(=O)(=O)NCCC2CCCCN2S(=O)(=O)c2ccc(C)cc2)c1. The Balaban J connectivity index is 1.73. The van der Waals surface area contributed by atoms with Crippen LogP contribution in [-0.2, 0) is 26.5 Å². The highest BCUT2D eigenvalue weighted by atomic mass is 32.2. The van der Waals surface area contributed by atoms with Crippen LogP contribution in [0.3, 0.4) is 0 Å². The summed E-state index contributed by atoms with van der Waals surface area (Å²) in [6.07, 6.45) is 3.54. The van der Waals surface area contributed by atoms with Gasteiger partial charge >= 0.3 is 0 Å². The number of ether oxygens (including phenoxy) is 1. The largest absolute Gasteiger partial charge is 0.495 e. The molecule has 176 valence electrons. The van der Waals surface area contributed by atoms with E-state index in [1.165, 1.54) is 11.4 Å². The second-order valence-electron chi connectivity index (χ2n) is 8.10. The van der Waals surface area contributed by atoms with Gasteiger partial charge < -0.3 is 4.74 Å². The van der Waals surface area contributed by atoms with Gasteiger partial charge in [-0.3, -0.25) is 0 Å². The molecule has 0 spiro atoms. The van der Waals surface area contributed by atoms with Crippen LogP contribution in [0.1, 0.15) is 43.7 Å². The quantitative estimate of drug-likeness (QED) is 0.593. The van der Waals surface area contributed by atoms with Crippen LogP contribution < -0.4 is 9.46 Å². The molecule has 1 aliphatic rings. The molecule has 1 saturated heterocycles. The normalized spacial score (nSPS) is 17.9. The van der Waals surface area contributed by atoms with Gasteiger partial charge in [0.25, 0.3) is 0 Å². The maximum Gasteiger partial charge on any atom is 0.244 e. The van der Waals surface area contributed by atoms with E-state index in [1.807, 2.05) is 19.9 Å². The maximum atomic E-state index is 13.2. The van der Waals surface area contributed by atoms with Crippen molar-refractivity contribution < 1.29 is 21.6 Å². The minimum atomic E-state index is -3.79. The van der Waals surface area contributed by atoms with Crippen molar-refractivity contribution in [1.82, 2.24) is 9.03 Å². The smallest absolute Gasteiger partial charge is 0.244 e. The number of sulfonamides is 2. The molecule has 0 aliphatic carbocycles. The molecular weight excluding hydrogens is 448 g/mol. The first-order chi connectivity index (χ1) is 15.2. The molecule has 0 bridgehead atoms. The summed E-state index contributed by atoms with van der Waals surface area (Å²) >= 11 is 0. The summed E-state index contributed by atoms with van der Waals surface area (Å²) in [6, 6.07) is 11.7. The summed E-state index contributed by atoms with van der Waals surface area (Å²) in [5.41, 5.74) is 1.89. The summed E-state index contributed by atoms with van der Waals surface area (Å²) in [6.45, 7) is 4.46. The molecule has 32 heavy (non-hydrogen) atoms. The lowest BCUT2D eigenvalue weighted by Gasteiger charge is -2.34. The minimum Gasteiger partial charge on any atom is -0.495 e. The molecule has 0 amide bonds. The van der Waals surface area contributed by atoms with Gasteiger partial charge in [0, 0.05) is 19.1 Å². The summed E-state index contributed by atoms with van der Waals surface area (Å²) in [7, 11) is -5.98. The van der Waals surface area contributed by atoms with Crippen molar-refractivity contribution in [2.45, 2.75) is 61.8 Å². The van der Waals surface area contributed by atoms with Crippen molar-refractivity contribution in [2.24, 2.45) is 0 Å². The molecule has 1 N–H and O–H groups in total. The molecule has 1 atom stereocenters. The number of methoxy groups -OCH3 is 1. The first kappa shape index (κ1) is 24.7. The van der Waals surface area contributed by atoms with Gasteiger partial charge in [0.2, 0.25) is 20.0 Å². The van der Waals surface area contributed by atoms with Gasteiger partial charge in [-0.25, -0.2) is 21.6 Å². The monoisotopic (exact) mass is 480 g/mol. The van der Waals surface area contributed by atoms with Crippen molar-refractivity contribution in [2.75, 3.05) is 20.2 Å². The topological polar surface area (TPSA) is 92.8 Å². The lowest BCUT2D eigenvalue weighted by molar-refractivity contribution is 0.242. The molecule has 1 fully saturated rings. The lowest BCUT2D eigenvalue weighted by atomic mass is 10.0. The van der Waals surface area contributed by atoms with Gasteiger partial charge in [0.1, 0.15) is 10.6 Å². The van der Waals surface area contributed by atoms with Crippen LogP contribution in [0.4, 0.5) is 0 Å². The predicted octanol–water partition coefficient (Wildman–Crippen LogP) is 3.48. The molecule has 1 heterocycles. The zero-order chi connectivity index (χ0) is 23.4. The first-order valence-electron chi connectivity index (χ1n) is 10.9. The van der Waals surface area contributed by atoms with Crippen LogP contribution in [0, 0.1) is 6.92 Å². The summed E-state index contributed by atoms with van der Waals surface area (Å²) < 4.78 is 61.7. The Hall–Kier alpha value is -1.94. The molecule has 2 aromatic carbocycles. The molecule has 3 rings (SSSR count). The fraction of sp³-hybridized carbons (Fsp3) is 0.478. The third-order valence-corrected chi connectivity index (χ3v) is 9.34. The average molecular weight is 481 g/mol. The van der Waals surface area contributed by atoms with Gasteiger partial charge in [-0.05, 0) is 62.4 Å². The van der Waals surface area contributed by atoms with Crippen LogP contribution in [0.5, 0.6) is 5.75 Å². The van der Waals surface area contributed by atoms with Crippen molar-refractivity contribution in [3.8, 4) is 5.75 Å². The number of nitrogens with one attached hydrogen (secondary N) is 1. The molecule has 9 heteroatoms. The molecule has 0 aromatic heterocycles. The average Bonchev–Trinajstić information content (AvgIpc) is 2.79. The van der Waals surface area contributed by atoms with E-state index >= 15 is 0 Å². The summed E-state index contributed by atoms with van der Waals surface area (Å²) in [5.74, 6) is 0.288. The van der Waals surface area contributed by atoms with E-state index in [2.05, 4.69) is 4.72 Å². The molecule has 0 saturated carbocycles. The van der Waals surface area contributed by atoms with Crippen LogP contribution in [0.15, 0.2) is 52.3 Å². The number of aryl methyl sites for hydroxylation is 2. The second kappa shape index (κ2) is 10.3. The van der Waals surface area contributed by atoms with Gasteiger partial charge in [-0.15, -0.1) is 0 Å². The molecule has 2 aromatic rings. The van der Waals surface area contributed by atoms with E-state index in [4.69, 9.17) is 4.74 Å². The highest BCUT2D eigenvalue weighted by Crippen LogP contribution is 2.28. The number of piperidine rings is 1. The van der Waals surface area contributed by atoms with Crippen molar-refractivity contribution >= 4 is 20.0 Å². The van der Waals surface area contributed by atoms with Crippen molar-refractivity contribution in [3.05, 3.63) is 53.6 Å². The van der Waals surface area contributed by atoms with Gasteiger partial charge in [0.05, 0.1) is 12.0 Å². The summed E-state index contributed by atoms with van der Waals surface area (Å²) in [5, 5.41) is 0. The van der Waals surface area contributed by atoms with Gasteiger partial charge in [0.15, 0.2) is 0 Å². The Morgan fingerprint density at radius 2 is 1.78 bits per heavy atom. The Bertz CT molecular complexity index is 1130. The van der Waals surface area contributed by atoms with E-state index in [0.29, 0.717) is 25.8 Å². The molecule has 7 nitrogen and oxygen atoms in total. The second-order valence-corrected chi connectivity index (χ2v) is 11.7. The third kappa shape index (κ3) is 5.51. The fourth-order valence-electron chi connectivity index (χ4n) is 4.01. The number of benzene rings is 2. The first-order valence-corrected chi connectivity index (χ1v) is 13.9. The minimum absolute atomic E-state index is 0.104. The van der Waals surface area contributed by atoms with Crippen molar-refractivity contribution in [3.63, 3.8) is 0 Å². The Kier molecular flexibility index (Phi) is 7.97. The zero-order valence-electron chi connectivity index (χ0n) is 18.9. The highest BCUT2D eigenvalue weighted by Gasteiger charge is 2.33. The summed E-state index contributed by atoms with van der Waals surface area (Å²) in [4.78, 5) is 0.379. The van der Waals surface area contributed by atoms with Crippen LogP contribution in [0.2, 0.25) is 0 Å². The Labute approximate surface area is 191 Å². The van der Waals surface area contributed by atoms with Crippen LogP contribution >= 0.6 is 0 Å². The van der Waals surface area contributed by atoms with E-state index < -0.39 is 20.0 Å². The predicted molar refractivity (Wildman–Crippen MR) is 125 cm³/mol. The Morgan fingerprint density at radius 1 is 1.06 bits per heavy atom. The van der Waals surface area contributed by atoms with E-state index in [1.54, 1.807) is 36.4 Å². The molecule has 1 unspecified atom stereocenters. The Morgan fingerprint density at radius 3 is 2.44 bits per heavy atom. The third-order valence-electron chi connectivity index (χ3n) is 5.90. The molecule has 0 radical (unpaired) electrons. The standard InChI is InChI=1S/C23H32N2O5S2/c1-4-19-10-13-22(30-3)23(17-19)31(26,27)24-15-14-20-7-5-6-16-25(20)32(28,29)21-11-8-18(2)9-12-21/h8-13,17,20,24H,4-7,14-16H2,1-3H3. The molecular formula is C23H32N2O5S2. The maximum absolute atomic E-state index is 13.2. The van der Waals surface area contributed by atoms with Gasteiger partial charge in [-0.2, -0.15) is 4.31 Å². The molecule has 1 aliphatic heterocycles. The van der Waals surface area contributed by atoms with Crippen molar-refractivity contribution in [1.29, 1.82) is 0 Å². The van der Waals surface area contributed by atoms with E-state index in [-0.39, 0.29) is 28.1 Å². The zero-order valence-corrected chi connectivity index (χ0v) is 20.5. The lowest BCUT2D eigenvalue weighted by Crippen LogP contribution is -2.45. The number of rotatable bonds is 9. The number of hydrogen-bond donors (Lipinski definition) is 1. The van der Waals surface area contributed by atoms with E-state index in [0.717, 1.165) is 24.0 Å². The number of nitrogens with zero attached hydrogens (tertiary/aromatic N) is 1. The van der Waals surface area contributed by atoms with Crippen LogP contribution in [0.25, 0.3) is 0 Å². The number of hydrogen-bond acceptors (Lipinski definition) is 5. The van der Waals surface area contributed by atoms with Crippen LogP contribution in [-0.4, -0.2) is 47.4 Å². The van der Waals surface area contributed by atoms with Gasteiger partial charge in [-0.1, -0.05) is 37.1 Å². The fourth-order valence-corrected chi connectivity index (χ4v) is 7.00.